The Morgan fingerprint density at radius 2 is 1.85 bits per heavy atom. The van der Waals surface area contributed by atoms with Gasteiger partial charge in [-0.15, -0.1) is 0 Å². The number of amides is 4. The van der Waals surface area contributed by atoms with E-state index >= 15 is 0 Å². The van der Waals surface area contributed by atoms with Crippen molar-refractivity contribution in [2.75, 3.05) is 0 Å². The Labute approximate surface area is 113 Å². The summed E-state index contributed by atoms with van der Waals surface area (Å²) in [6.07, 6.45) is 1.40. The Bertz CT molecular complexity index is 607. The molecule has 1 aliphatic carbocycles. The van der Waals surface area contributed by atoms with Crippen molar-refractivity contribution in [2.24, 2.45) is 0 Å². The second kappa shape index (κ2) is 4.36. The highest BCUT2D eigenvalue weighted by Crippen LogP contribution is 2.33. The third-order valence-electron chi connectivity index (χ3n) is 3.61. The van der Waals surface area contributed by atoms with Crippen LogP contribution in [0, 0.1) is 0 Å². The summed E-state index contributed by atoms with van der Waals surface area (Å²) in [5, 5.41) is 2.10. The average molecular weight is 278 g/mol. The lowest BCUT2D eigenvalue weighted by molar-refractivity contribution is -0.149. The predicted molar refractivity (Wildman–Crippen MR) is 63.7 cm³/mol. The van der Waals surface area contributed by atoms with Gasteiger partial charge in [-0.05, 0) is 12.5 Å². The monoisotopic (exact) mass is 278 g/mol. The number of fused-ring (bicyclic) bond motifs is 1. The fraction of sp³-hybridized carbons (Fsp3) is 0.385. The maximum Gasteiger partial charge on any atom is 0.262 e. The van der Waals surface area contributed by atoms with Crippen LogP contribution in [0.3, 0.4) is 0 Å². The molecule has 1 N–H and O–H groups in total. The van der Waals surface area contributed by atoms with Crippen LogP contribution in [0.15, 0.2) is 23.3 Å². The molecule has 6 nitrogen and oxygen atoms in total. The lowest BCUT2D eigenvalue weighted by atomic mass is 9.99. The van der Waals surface area contributed by atoms with Gasteiger partial charge in [0.1, 0.15) is 12.2 Å². The molecule has 0 saturated carbocycles. The van der Waals surface area contributed by atoms with Crippen molar-refractivity contribution in [3.63, 3.8) is 0 Å². The number of imide groups is 2. The van der Waals surface area contributed by atoms with Gasteiger partial charge in [0.2, 0.25) is 11.8 Å². The third-order valence-corrected chi connectivity index (χ3v) is 3.61. The standard InChI is InChI=1S/C13H11FN2O4/c14-6-1-2-7-8(5-6)13(20)16(12(7)19)9-3-4-10(17)15-11(9)18/h2,5-6,9H,1,3-4H2,(H,15,17,18). The topological polar surface area (TPSA) is 83.6 Å². The van der Waals surface area contributed by atoms with Crippen LogP contribution >= 0.6 is 0 Å². The summed E-state index contributed by atoms with van der Waals surface area (Å²) in [5.74, 6) is -2.36. The summed E-state index contributed by atoms with van der Waals surface area (Å²) in [6, 6.07) is -1.00. The third kappa shape index (κ3) is 1.77. The van der Waals surface area contributed by atoms with Crippen molar-refractivity contribution in [3.8, 4) is 0 Å². The average Bonchev–Trinajstić information content (AvgIpc) is 2.63. The quantitative estimate of drug-likeness (QED) is 0.671. The highest BCUT2D eigenvalue weighted by molar-refractivity contribution is 6.26. The van der Waals surface area contributed by atoms with Gasteiger partial charge in [-0.25, -0.2) is 4.39 Å². The normalized spacial score (nSPS) is 29.9. The zero-order chi connectivity index (χ0) is 14.4. The van der Waals surface area contributed by atoms with Crippen LogP contribution in [-0.2, 0) is 19.2 Å². The number of carbonyl (C=O) groups is 4. The van der Waals surface area contributed by atoms with E-state index in [0.717, 1.165) is 11.0 Å². The zero-order valence-electron chi connectivity index (χ0n) is 10.4. The molecule has 2 aliphatic heterocycles. The molecule has 4 amide bonds. The summed E-state index contributed by atoms with van der Waals surface area (Å²) in [6.45, 7) is 0. The van der Waals surface area contributed by atoms with Gasteiger partial charge >= 0.3 is 0 Å². The van der Waals surface area contributed by atoms with Crippen molar-refractivity contribution in [2.45, 2.75) is 31.5 Å². The van der Waals surface area contributed by atoms with Gasteiger partial charge in [-0.3, -0.25) is 29.4 Å². The molecular weight excluding hydrogens is 267 g/mol. The molecule has 3 rings (SSSR count). The molecule has 20 heavy (non-hydrogen) atoms. The SMILES string of the molecule is O=C1CCC(N2C(=O)C3=CCC(F)C=C3C2=O)C(=O)N1. The van der Waals surface area contributed by atoms with Gasteiger partial charge in [-0.2, -0.15) is 0 Å². The second-order valence-electron chi connectivity index (χ2n) is 4.90. The molecule has 7 heteroatoms. The summed E-state index contributed by atoms with van der Waals surface area (Å²) in [5.41, 5.74) is 0.159. The number of hydrogen-bond donors (Lipinski definition) is 1. The highest BCUT2D eigenvalue weighted by atomic mass is 19.1. The number of hydrogen-bond acceptors (Lipinski definition) is 4. The molecule has 3 aliphatic rings. The van der Waals surface area contributed by atoms with Gasteiger partial charge in [0.25, 0.3) is 11.8 Å². The molecule has 2 atom stereocenters. The Kier molecular flexibility index (Phi) is 2.77. The Hall–Kier alpha value is -2.31. The van der Waals surface area contributed by atoms with Crippen molar-refractivity contribution < 1.29 is 23.6 Å². The number of allylic oxidation sites excluding steroid dienone is 2. The van der Waals surface area contributed by atoms with Gasteiger partial charge in [0, 0.05) is 18.4 Å². The smallest absolute Gasteiger partial charge is 0.262 e. The Balaban J connectivity index is 1.94. The summed E-state index contributed by atoms with van der Waals surface area (Å²) in [4.78, 5) is 48.1. The molecule has 2 unspecified atom stereocenters. The first-order valence-electron chi connectivity index (χ1n) is 6.27. The van der Waals surface area contributed by atoms with Crippen molar-refractivity contribution >= 4 is 23.6 Å². The molecule has 2 saturated heterocycles. The molecule has 0 radical (unpaired) electrons. The van der Waals surface area contributed by atoms with E-state index in [2.05, 4.69) is 5.32 Å². The highest BCUT2D eigenvalue weighted by Gasteiger charge is 2.47. The molecule has 0 spiro atoms. The number of nitrogens with one attached hydrogen (secondary N) is 1. The van der Waals surface area contributed by atoms with E-state index in [1.54, 1.807) is 0 Å². The molecule has 2 fully saturated rings. The number of carbonyl (C=O) groups excluding carboxylic acids is 4. The Morgan fingerprint density at radius 3 is 2.55 bits per heavy atom. The number of rotatable bonds is 1. The fourth-order valence-corrected chi connectivity index (χ4v) is 2.63. The van der Waals surface area contributed by atoms with Crippen LogP contribution in [0.5, 0.6) is 0 Å². The number of piperidine rings is 1. The van der Waals surface area contributed by atoms with Gasteiger partial charge in [-0.1, -0.05) is 6.08 Å². The summed E-state index contributed by atoms with van der Waals surface area (Å²) in [7, 11) is 0. The number of likely N-dealkylation sites (tertiary alicyclic amines) is 1. The molecular formula is C13H11FN2O4. The molecule has 104 valence electrons. The van der Waals surface area contributed by atoms with E-state index in [1.165, 1.54) is 6.08 Å². The second-order valence-corrected chi connectivity index (χ2v) is 4.90. The largest absolute Gasteiger partial charge is 0.295 e. The van der Waals surface area contributed by atoms with Gasteiger partial charge in [0.05, 0.1) is 5.57 Å². The lowest BCUT2D eigenvalue weighted by Crippen LogP contribution is -2.54. The van der Waals surface area contributed by atoms with E-state index < -0.39 is 35.8 Å². The van der Waals surface area contributed by atoms with E-state index in [0.29, 0.717) is 0 Å². The molecule has 0 aromatic heterocycles. The minimum absolute atomic E-state index is 0.0125. The van der Waals surface area contributed by atoms with Crippen molar-refractivity contribution in [1.82, 2.24) is 10.2 Å². The molecule has 0 aromatic rings. The van der Waals surface area contributed by atoms with Crippen LogP contribution in [0.1, 0.15) is 19.3 Å². The zero-order valence-corrected chi connectivity index (χ0v) is 10.4. The first kappa shape index (κ1) is 12.7. The van der Waals surface area contributed by atoms with Crippen LogP contribution in [0.25, 0.3) is 0 Å². The minimum Gasteiger partial charge on any atom is -0.295 e. The molecule has 0 aromatic carbocycles. The van der Waals surface area contributed by atoms with Gasteiger partial charge < -0.3 is 0 Å². The number of halogens is 1. The lowest BCUT2D eigenvalue weighted by Gasteiger charge is -2.27. The fourth-order valence-electron chi connectivity index (χ4n) is 2.63. The van der Waals surface area contributed by atoms with E-state index in [4.69, 9.17) is 0 Å². The van der Waals surface area contributed by atoms with Crippen LogP contribution in [-0.4, -0.2) is 40.7 Å². The van der Waals surface area contributed by atoms with Crippen molar-refractivity contribution in [1.29, 1.82) is 0 Å². The first-order valence-corrected chi connectivity index (χ1v) is 6.27. The van der Waals surface area contributed by atoms with Crippen LogP contribution in [0.4, 0.5) is 4.39 Å². The maximum absolute atomic E-state index is 13.3. The summed E-state index contributed by atoms with van der Waals surface area (Å²) >= 11 is 0. The van der Waals surface area contributed by atoms with Crippen molar-refractivity contribution in [3.05, 3.63) is 23.3 Å². The summed E-state index contributed by atoms with van der Waals surface area (Å²) < 4.78 is 13.3. The van der Waals surface area contributed by atoms with E-state index in [9.17, 15) is 23.6 Å². The van der Waals surface area contributed by atoms with Crippen LogP contribution in [0.2, 0.25) is 0 Å². The van der Waals surface area contributed by atoms with Crippen LogP contribution < -0.4 is 5.32 Å². The number of alkyl halides is 1. The Morgan fingerprint density at radius 1 is 1.15 bits per heavy atom. The maximum atomic E-state index is 13.3. The number of nitrogens with zero attached hydrogens (tertiary/aromatic N) is 1. The predicted octanol–water partition coefficient (Wildman–Crippen LogP) is -0.245. The minimum atomic E-state index is -1.30. The molecule has 2 heterocycles. The first-order chi connectivity index (χ1) is 9.49. The van der Waals surface area contributed by atoms with Gasteiger partial charge in [0.15, 0.2) is 0 Å². The van der Waals surface area contributed by atoms with E-state index in [1.807, 2.05) is 0 Å². The van der Waals surface area contributed by atoms with E-state index in [-0.39, 0.29) is 30.4 Å². The molecule has 0 bridgehead atoms.